The van der Waals surface area contributed by atoms with Crippen LogP contribution in [0.15, 0.2) is 24.3 Å². The van der Waals surface area contributed by atoms with Crippen LogP contribution in [0.2, 0.25) is 0 Å². The van der Waals surface area contributed by atoms with E-state index < -0.39 is 5.97 Å². The molecule has 2 unspecified atom stereocenters. The highest BCUT2D eigenvalue weighted by Crippen LogP contribution is 2.31. The van der Waals surface area contributed by atoms with Crippen LogP contribution in [0.5, 0.6) is 0 Å². The molecule has 110 valence electrons. The molecule has 5 nitrogen and oxygen atoms in total. The number of carboxylic acids is 1. The summed E-state index contributed by atoms with van der Waals surface area (Å²) in [6, 6.07) is 7.58. The van der Waals surface area contributed by atoms with E-state index >= 15 is 0 Å². The van der Waals surface area contributed by atoms with E-state index in [1.807, 2.05) is 36.0 Å². The molecular formula is C15H17N3O2S. The van der Waals surface area contributed by atoms with Crippen molar-refractivity contribution in [1.29, 1.82) is 0 Å². The summed E-state index contributed by atoms with van der Waals surface area (Å²) >= 11 is 1.95. The highest BCUT2D eigenvalue weighted by Gasteiger charge is 2.25. The van der Waals surface area contributed by atoms with Crippen LogP contribution in [0.3, 0.4) is 0 Å². The van der Waals surface area contributed by atoms with Crippen LogP contribution in [0.25, 0.3) is 10.9 Å². The zero-order valence-electron chi connectivity index (χ0n) is 12.0. The van der Waals surface area contributed by atoms with Crippen molar-refractivity contribution in [3.63, 3.8) is 0 Å². The van der Waals surface area contributed by atoms with Gasteiger partial charge in [0.2, 0.25) is 5.82 Å². The molecule has 1 aromatic heterocycles. The molecule has 0 radical (unpaired) electrons. The number of para-hydroxylation sites is 1. The minimum Gasteiger partial charge on any atom is -0.475 e. The fourth-order valence-corrected chi connectivity index (χ4v) is 4.07. The molecule has 1 saturated heterocycles. The lowest BCUT2D eigenvalue weighted by molar-refractivity contribution is 0.0684. The molecule has 1 aliphatic rings. The predicted octanol–water partition coefficient (Wildman–Crippen LogP) is 2.66. The standard InChI is InChI=1S/C15H17N3O2S/c1-9-7-18(8-10(2)21-9)14-11-5-3-4-6-12(11)16-13(17-14)15(19)20/h3-6,9-10H,7-8H2,1-2H3,(H,19,20). The van der Waals surface area contributed by atoms with Gasteiger partial charge in [-0.25, -0.2) is 14.8 Å². The highest BCUT2D eigenvalue weighted by atomic mass is 32.2. The molecule has 21 heavy (non-hydrogen) atoms. The molecule has 2 aromatic rings. The molecule has 0 amide bonds. The average Bonchev–Trinajstić information content (AvgIpc) is 2.45. The molecular weight excluding hydrogens is 286 g/mol. The van der Waals surface area contributed by atoms with E-state index in [4.69, 9.17) is 0 Å². The van der Waals surface area contributed by atoms with Gasteiger partial charge in [0.1, 0.15) is 5.82 Å². The Bertz CT molecular complexity index is 682. The van der Waals surface area contributed by atoms with Crippen molar-refractivity contribution < 1.29 is 9.90 Å². The molecule has 0 spiro atoms. The van der Waals surface area contributed by atoms with E-state index in [1.54, 1.807) is 0 Å². The van der Waals surface area contributed by atoms with Gasteiger partial charge in [-0.15, -0.1) is 0 Å². The summed E-state index contributed by atoms with van der Waals surface area (Å²) in [6.07, 6.45) is 0. The molecule has 0 aliphatic carbocycles. The Kier molecular flexibility index (Phi) is 3.71. The molecule has 0 saturated carbocycles. The van der Waals surface area contributed by atoms with Gasteiger partial charge < -0.3 is 10.0 Å². The van der Waals surface area contributed by atoms with Gasteiger partial charge in [0.25, 0.3) is 0 Å². The fourth-order valence-electron chi connectivity index (χ4n) is 2.75. The summed E-state index contributed by atoms with van der Waals surface area (Å²) in [4.78, 5) is 21.9. The number of aromatic nitrogens is 2. The first-order valence-electron chi connectivity index (χ1n) is 6.95. The van der Waals surface area contributed by atoms with E-state index in [1.165, 1.54) is 0 Å². The van der Waals surface area contributed by atoms with Crippen molar-refractivity contribution in [2.24, 2.45) is 0 Å². The number of anilines is 1. The first-order chi connectivity index (χ1) is 10.0. The van der Waals surface area contributed by atoms with Gasteiger partial charge in [0, 0.05) is 29.0 Å². The number of hydrogen-bond acceptors (Lipinski definition) is 5. The Morgan fingerprint density at radius 2 is 1.90 bits per heavy atom. The molecule has 6 heteroatoms. The van der Waals surface area contributed by atoms with Gasteiger partial charge in [0.05, 0.1) is 5.52 Å². The summed E-state index contributed by atoms with van der Waals surface area (Å²) in [7, 11) is 0. The molecule has 1 N–H and O–H groups in total. The Labute approximate surface area is 127 Å². The van der Waals surface area contributed by atoms with E-state index in [2.05, 4.69) is 28.7 Å². The second kappa shape index (κ2) is 5.52. The summed E-state index contributed by atoms with van der Waals surface area (Å²) < 4.78 is 0. The second-order valence-corrected chi connectivity index (χ2v) is 7.24. The van der Waals surface area contributed by atoms with Crippen molar-refractivity contribution in [2.75, 3.05) is 18.0 Å². The van der Waals surface area contributed by atoms with E-state index in [-0.39, 0.29) is 5.82 Å². The molecule has 1 aromatic carbocycles. The van der Waals surface area contributed by atoms with Crippen molar-refractivity contribution in [3.05, 3.63) is 30.1 Å². The smallest absolute Gasteiger partial charge is 0.374 e. The third-order valence-electron chi connectivity index (χ3n) is 3.49. The fraction of sp³-hybridized carbons (Fsp3) is 0.400. The van der Waals surface area contributed by atoms with Crippen LogP contribution in [0.4, 0.5) is 5.82 Å². The molecule has 2 atom stereocenters. The lowest BCUT2D eigenvalue weighted by atomic mass is 10.2. The normalized spacial score (nSPS) is 22.5. The predicted molar refractivity (Wildman–Crippen MR) is 85.2 cm³/mol. The maximum atomic E-state index is 11.3. The van der Waals surface area contributed by atoms with Gasteiger partial charge in [0.15, 0.2) is 0 Å². The monoisotopic (exact) mass is 303 g/mol. The minimum absolute atomic E-state index is 0.137. The maximum absolute atomic E-state index is 11.3. The Hall–Kier alpha value is -1.82. The van der Waals surface area contributed by atoms with E-state index in [0.717, 1.165) is 24.3 Å². The lowest BCUT2D eigenvalue weighted by Crippen LogP contribution is -2.41. The van der Waals surface area contributed by atoms with Crippen LogP contribution in [-0.4, -0.2) is 44.6 Å². The zero-order valence-corrected chi connectivity index (χ0v) is 12.8. The number of fused-ring (bicyclic) bond motifs is 1. The van der Waals surface area contributed by atoms with Crippen molar-refractivity contribution >= 4 is 34.5 Å². The van der Waals surface area contributed by atoms with Gasteiger partial charge in [-0.2, -0.15) is 11.8 Å². The first kappa shape index (κ1) is 14.1. The molecule has 1 aliphatic heterocycles. The Morgan fingerprint density at radius 3 is 2.57 bits per heavy atom. The zero-order chi connectivity index (χ0) is 15.0. The van der Waals surface area contributed by atoms with Gasteiger partial charge in [-0.05, 0) is 12.1 Å². The number of benzene rings is 1. The summed E-state index contributed by atoms with van der Waals surface area (Å²) in [5, 5.41) is 11.1. The maximum Gasteiger partial charge on any atom is 0.374 e. The lowest BCUT2D eigenvalue weighted by Gasteiger charge is -2.35. The second-order valence-electron chi connectivity index (χ2n) is 5.36. The number of aromatic carboxylic acids is 1. The molecule has 0 bridgehead atoms. The van der Waals surface area contributed by atoms with Crippen LogP contribution >= 0.6 is 11.8 Å². The number of nitrogens with zero attached hydrogens (tertiary/aromatic N) is 3. The van der Waals surface area contributed by atoms with Gasteiger partial charge >= 0.3 is 5.97 Å². The summed E-state index contributed by atoms with van der Waals surface area (Å²) in [5.41, 5.74) is 0.679. The van der Waals surface area contributed by atoms with Crippen LogP contribution in [0, 0.1) is 0 Å². The quantitative estimate of drug-likeness (QED) is 0.920. The van der Waals surface area contributed by atoms with Gasteiger partial charge in [-0.3, -0.25) is 0 Å². The van der Waals surface area contributed by atoms with Crippen LogP contribution in [0.1, 0.15) is 24.5 Å². The average molecular weight is 303 g/mol. The number of rotatable bonds is 2. The SMILES string of the molecule is CC1CN(c2nc(C(=O)O)nc3ccccc23)CC(C)S1. The molecule has 1 fully saturated rings. The molecule has 3 rings (SSSR count). The first-order valence-corrected chi connectivity index (χ1v) is 7.89. The number of thioether (sulfide) groups is 1. The largest absolute Gasteiger partial charge is 0.475 e. The van der Waals surface area contributed by atoms with Gasteiger partial charge in [-0.1, -0.05) is 26.0 Å². The van der Waals surface area contributed by atoms with Crippen molar-refractivity contribution in [3.8, 4) is 0 Å². The van der Waals surface area contributed by atoms with E-state index in [0.29, 0.717) is 16.0 Å². The third kappa shape index (κ3) is 2.81. The summed E-state index contributed by atoms with van der Waals surface area (Å²) in [6.45, 7) is 6.12. The Morgan fingerprint density at radius 1 is 1.24 bits per heavy atom. The van der Waals surface area contributed by atoms with Crippen LogP contribution in [-0.2, 0) is 0 Å². The Balaban J connectivity index is 2.13. The van der Waals surface area contributed by atoms with Crippen LogP contribution < -0.4 is 4.90 Å². The number of carbonyl (C=O) groups is 1. The third-order valence-corrected chi connectivity index (χ3v) is 4.72. The summed E-state index contributed by atoms with van der Waals surface area (Å²) in [5.74, 6) is -0.492. The highest BCUT2D eigenvalue weighted by molar-refractivity contribution is 8.00. The van der Waals surface area contributed by atoms with E-state index in [9.17, 15) is 9.90 Å². The minimum atomic E-state index is -1.09. The number of hydrogen-bond donors (Lipinski definition) is 1. The molecule has 2 heterocycles. The van der Waals surface area contributed by atoms with Crippen molar-refractivity contribution in [2.45, 2.75) is 24.3 Å². The van der Waals surface area contributed by atoms with Crippen molar-refractivity contribution in [1.82, 2.24) is 9.97 Å². The topological polar surface area (TPSA) is 66.3 Å². The number of carboxylic acid groups (broad SMARTS) is 1.